The van der Waals surface area contributed by atoms with Crippen molar-refractivity contribution in [2.75, 3.05) is 19.6 Å². The second kappa shape index (κ2) is 9.59. The number of likely N-dealkylation sites (tertiary alicyclic amines) is 1. The molecule has 2 N–H and O–H groups in total. The third-order valence-electron chi connectivity index (χ3n) is 8.29. The van der Waals surface area contributed by atoms with Crippen molar-refractivity contribution in [3.63, 3.8) is 0 Å². The molecular weight excluding hydrogens is 471 g/mol. The number of carbonyl (C=O) groups excluding carboxylic acids is 2. The normalized spacial score (nSPS) is 30.0. The van der Waals surface area contributed by atoms with Crippen molar-refractivity contribution in [1.29, 1.82) is 0 Å². The molecule has 2 saturated carbocycles. The van der Waals surface area contributed by atoms with Crippen molar-refractivity contribution in [3.05, 3.63) is 65.5 Å². The van der Waals surface area contributed by atoms with Gasteiger partial charge in [0.1, 0.15) is 0 Å². The maximum Gasteiger partial charge on any atom is 0.416 e. The Bertz CT molecular complexity index is 1130. The molecular formula is C27H30F3N3O3. The van der Waals surface area contributed by atoms with Crippen LogP contribution in [0.2, 0.25) is 0 Å². The highest BCUT2D eigenvalue weighted by Crippen LogP contribution is 2.57. The zero-order valence-electron chi connectivity index (χ0n) is 19.9. The molecule has 2 bridgehead atoms. The topological polar surface area (TPSA) is 82.5 Å². The summed E-state index contributed by atoms with van der Waals surface area (Å²) < 4.78 is 38.6. The number of alkyl halides is 3. The van der Waals surface area contributed by atoms with E-state index < -0.39 is 23.2 Å². The average Bonchev–Trinajstić information content (AvgIpc) is 3.57. The average molecular weight is 502 g/mol. The molecule has 2 heterocycles. The number of pyridine rings is 1. The Morgan fingerprint density at radius 1 is 1.17 bits per heavy atom. The number of amides is 1. The van der Waals surface area contributed by atoms with E-state index in [-0.39, 0.29) is 29.7 Å². The van der Waals surface area contributed by atoms with Crippen LogP contribution >= 0.6 is 0 Å². The van der Waals surface area contributed by atoms with Crippen LogP contribution in [0.5, 0.6) is 0 Å². The minimum Gasteiger partial charge on any atom is -0.385 e. The minimum absolute atomic E-state index is 0.118. The number of hydrogen-bond acceptors (Lipinski definition) is 5. The summed E-state index contributed by atoms with van der Waals surface area (Å²) in [4.78, 5) is 31.3. The quantitative estimate of drug-likeness (QED) is 0.603. The summed E-state index contributed by atoms with van der Waals surface area (Å²) in [5.74, 6) is 0.0329. The van der Waals surface area contributed by atoms with Gasteiger partial charge in [-0.3, -0.25) is 19.5 Å². The molecule has 192 valence electrons. The molecule has 2 aliphatic carbocycles. The van der Waals surface area contributed by atoms with E-state index in [9.17, 15) is 27.9 Å². The second-order valence-corrected chi connectivity index (χ2v) is 10.5. The molecule has 9 heteroatoms. The lowest BCUT2D eigenvalue weighted by atomic mass is 9.77. The van der Waals surface area contributed by atoms with Crippen molar-refractivity contribution in [2.45, 2.75) is 49.9 Å². The number of carbonyl (C=O) groups is 2. The molecule has 0 radical (unpaired) electrons. The summed E-state index contributed by atoms with van der Waals surface area (Å²) >= 11 is 0. The highest BCUT2D eigenvalue weighted by molar-refractivity contribution is 5.96. The van der Waals surface area contributed by atoms with Crippen LogP contribution in [0.3, 0.4) is 0 Å². The third-order valence-corrected chi connectivity index (χ3v) is 8.29. The first-order valence-corrected chi connectivity index (χ1v) is 12.5. The van der Waals surface area contributed by atoms with Crippen molar-refractivity contribution in [2.24, 2.45) is 17.8 Å². The molecule has 1 saturated heterocycles. The van der Waals surface area contributed by atoms with Gasteiger partial charge in [0.25, 0.3) is 5.91 Å². The number of halogens is 3. The monoisotopic (exact) mass is 501 g/mol. The summed E-state index contributed by atoms with van der Waals surface area (Å²) in [6.07, 6.45) is 2.84. The van der Waals surface area contributed by atoms with Crippen LogP contribution in [0.25, 0.3) is 0 Å². The van der Waals surface area contributed by atoms with Crippen LogP contribution < -0.4 is 5.32 Å². The van der Waals surface area contributed by atoms with Crippen molar-refractivity contribution in [3.8, 4) is 0 Å². The fourth-order valence-electron chi connectivity index (χ4n) is 6.56. The van der Waals surface area contributed by atoms with Gasteiger partial charge in [-0.25, -0.2) is 0 Å². The summed E-state index contributed by atoms with van der Waals surface area (Å²) in [6, 6.07) is 8.40. The second-order valence-electron chi connectivity index (χ2n) is 10.5. The first-order valence-electron chi connectivity index (χ1n) is 12.5. The number of aliphatic hydroxyl groups is 1. The molecule has 6 nitrogen and oxygen atoms in total. The molecule has 0 spiro atoms. The lowest BCUT2D eigenvalue weighted by molar-refractivity contribution is -0.137. The smallest absolute Gasteiger partial charge is 0.385 e. The molecule has 36 heavy (non-hydrogen) atoms. The van der Waals surface area contributed by atoms with E-state index in [0.717, 1.165) is 56.5 Å². The fraction of sp³-hybridized carbons (Fsp3) is 0.519. The number of aromatic nitrogens is 1. The fourth-order valence-corrected chi connectivity index (χ4v) is 6.56. The highest BCUT2D eigenvalue weighted by atomic mass is 19.4. The van der Waals surface area contributed by atoms with E-state index in [1.54, 1.807) is 12.4 Å². The van der Waals surface area contributed by atoms with E-state index >= 15 is 0 Å². The number of fused-ring (bicyclic) bond motifs is 2. The molecule has 1 aromatic carbocycles. The molecule has 2 aromatic rings. The highest BCUT2D eigenvalue weighted by Gasteiger charge is 2.56. The van der Waals surface area contributed by atoms with Crippen LogP contribution in [0.4, 0.5) is 13.2 Å². The molecule has 1 aliphatic heterocycles. The molecule has 5 atom stereocenters. The summed E-state index contributed by atoms with van der Waals surface area (Å²) in [6.45, 7) is 1.53. The standard InChI is InChI=1S/C27H30F3N3O3/c28-27(29,30)21-3-1-2-18(11-21)25(35)32-15-23(34)10-17-6-9-33(16-17)24-13-22-12-19(24)14-26(22,36)20-4-7-31-8-5-20/h1-5,7-8,11,17,19,22,24,36H,6,9-10,12-16H2,(H,32,35)/t17-,19?,22?,24?,26?/m0/s1. The van der Waals surface area contributed by atoms with E-state index in [2.05, 4.69) is 15.2 Å². The Kier molecular flexibility index (Phi) is 6.63. The number of hydrogen-bond donors (Lipinski definition) is 2. The first kappa shape index (κ1) is 24.9. The van der Waals surface area contributed by atoms with Crippen LogP contribution in [0.15, 0.2) is 48.8 Å². The zero-order valence-corrected chi connectivity index (χ0v) is 19.9. The van der Waals surface area contributed by atoms with Gasteiger partial charge in [-0.05, 0) is 85.9 Å². The van der Waals surface area contributed by atoms with Gasteiger partial charge < -0.3 is 10.4 Å². The Morgan fingerprint density at radius 2 is 1.94 bits per heavy atom. The number of ketones is 1. The minimum atomic E-state index is -4.53. The van der Waals surface area contributed by atoms with Crippen molar-refractivity contribution < 1.29 is 27.9 Å². The van der Waals surface area contributed by atoms with Gasteiger partial charge in [0.2, 0.25) is 0 Å². The predicted octanol–water partition coefficient (Wildman–Crippen LogP) is 3.80. The molecule has 1 aromatic heterocycles. The van der Waals surface area contributed by atoms with Crippen LogP contribution in [-0.2, 0) is 16.6 Å². The van der Waals surface area contributed by atoms with Crippen molar-refractivity contribution >= 4 is 11.7 Å². The lowest BCUT2D eigenvalue weighted by Crippen LogP contribution is -2.43. The molecule has 5 rings (SSSR count). The summed E-state index contributed by atoms with van der Waals surface area (Å²) in [5, 5.41) is 13.8. The number of benzene rings is 1. The van der Waals surface area contributed by atoms with E-state index in [1.807, 2.05) is 12.1 Å². The zero-order chi connectivity index (χ0) is 25.5. The maximum atomic E-state index is 12.9. The Morgan fingerprint density at radius 3 is 2.64 bits per heavy atom. The Labute approximate surface area is 207 Å². The summed E-state index contributed by atoms with van der Waals surface area (Å²) in [7, 11) is 0. The van der Waals surface area contributed by atoms with Gasteiger partial charge in [0.05, 0.1) is 17.7 Å². The van der Waals surface area contributed by atoms with Crippen LogP contribution in [0.1, 0.15) is 53.6 Å². The van der Waals surface area contributed by atoms with Crippen molar-refractivity contribution in [1.82, 2.24) is 15.2 Å². The van der Waals surface area contributed by atoms with Crippen LogP contribution in [0, 0.1) is 17.8 Å². The molecule has 3 aliphatic rings. The molecule has 3 fully saturated rings. The SMILES string of the molecule is O=C(CNC(=O)c1cccc(C(F)(F)F)c1)C[C@@H]1CCN(C2CC3CC2CC3(O)c2ccncc2)C1. The summed E-state index contributed by atoms with van der Waals surface area (Å²) in [5.41, 5.74) is -0.850. The van der Waals surface area contributed by atoms with Gasteiger partial charge in [-0.2, -0.15) is 13.2 Å². The Balaban J connectivity index is 1.09. The first-order chi connectivity index (χ1) is 17.1. The van der Waals surface area contributed by atoms with Gasteiger partial charge >= 0.3 is 6.18 Å². The number of nitrogens with zero attached hydrogens (tertiary/aromatic N) is 2. The van der Waals surface area contributed by atoms with Gasteiger partial charge in [0, 0.05) is 37.0 Å². The predicted molar refractivity (Wildman–Crippen MR) is 126 cm³/mol. The maximum absolute atomic E-state index is 12.9. The number of rotatable bonds is 7. The number of Topliss-reactive ketones (excluding diaryl/α,β-unsaturated/α-hetero) is 1. The largest absolute Gasteiger partial charge is 0.416 e. The van der Waals surface area contributed by atoms with Gasteiger partial charge in [0.15, 0.2) is 5.78 Å². The van der Waals surface area contributed by atoms with Gasteiger partial charge in [-0.15, -0.1) is 0 Å². The molecule has 1 amide bonds. The third kappa shape index (κ3) is 4.91. The number of nitrogens with one attached hydrogen (secondary N) is 1. The van der Waals surface area contributed by atoms with E-state index in [0.29, 0.717) is 18.4 Å². The van der Waals surface area contributed by atoms with E-state index in [1.165, 1.54) is 12.1 Å². The van der Waals surface area contributed by atoms with Gasteiger partial charge in [-0.1, -0.05) is 6.07 Å². The Hall–Kier alpha value is -2.78. The molecule has 4 unspecified atom stereocenters. The lowest BCUT2D eigenvalue weighted by Gasteiger charge is -2.39. The van der Waals surface area contributed by atoms with Crippen LogP contribution in [-0.4, -0.2) is 52.4 Å². The van der Waals surface area contributed by atoms with E-state index in [4.69, 9.17) is 0 Å².